The maximum absolute atomic E-state index is 11.4. The summed E-state index contributed by atoms with van der Waals surface area (Å²) in [5.74, 6) is 3.50. The van der Waals surface area contributed by atoms with E-state index in [1.165, 1.54) is 32.2 Å². The van der Waals surface area contributed by atoms with Crippen LogP contribution in [-0.2, 0) is 10.8 Å². The standard InChI is InChI=1S/C15H30N2OS/c1-3-13-5-6-15(16-4-2)14(11-13)12-17-7-9-19(18)10-8-17/h13-16H,3-12H2,1-2H3. The fourth-order valence-corrected chi connectivity index (χ4v) is 4.78. The fourth-order valence-electron chi connectivity index (χ4n) is 3.65. The van der Waals surface area contributed by atoms with Gasteiger partial charge in [0.05, 0.1) is 0 Å². The third-order valence-electron chi connectivity index (χ3n) is 4.90. The molecular weight excluding hydrogens is 256 g/mol. The first-order chi connectivity index (χ1) is 9.22. The van der Waals surface area contributed by atoms with Crippen molar-refractivity contribution in [2.45, 2.75) is 45.6 Å². The molecule has 3 unspecified atom stereocenters. The number of hydrogen-bond acceptors (Lipinski definition) is 3. The van der Waals surface area contributed by atoms with Crippen LogP contribution in [0.3, 0.4) is 0 Å². The van der Waals surface area contributed by atoms with Crippen LogP contribution in [0.5, 0.6) is 0 Å². The minimum Gasteiger partial charge on any atom is -0.314 e. The molecule has 2 rings (SSSR count). The monoisotopic (exact) mass is 286 g/mol. The van der Waals surface area contributed by atoms with Crippen molar-refractivity contribution in [2.75, 3.05) is 37.7 Å². The van der Waals surface area contributed by atoms with Gasteiger partial charge in [0, 0.05) is 48.0 Å². The van der Waals surface area contributed by atoms with Gasteiger partial charge in [-0.05, 0) is 37.6 Å². The summed E-state index contributed by atoms with van der Waals surface area (Å²) in [6.45, 7) is 8.93. The molecule has 112 valence electrons. The van der Waals surface area contributed by atoms with Crippen molar-refractivity contribution >= 4 is 10.8 Å². The second-order valence-corrected chi connectivity index (χ2v) is 7.86. The first kappa shape index (κ1) is 15.5. The van der Waals surface area contributed by atoms with Gasteiger partial charge in [-0.1, -0.05) is 20.3 Å². The maximum atomic E-state index is 11.4. The minimum absolute atomic E-state index is 0.545. The van der Waals surface area contributed by atoms with Gasteiger partial charge in [0.1, 0.15) is 0 Å². The quantitative estimate of drug-likeness (QED) is 0.837. The normalized spacial score (nSPS) is 34.5. The molecule has 1 aliphatic carbocycles. The fraction of sp³-hybridized carbons (Fsp3) is 1.00. The highest BCUT2D eigenvalue weighted by atomic mass is 32.2. The molecule has 1 heterocycles. The van der Waals surface area contributed by atoms with Gasteiger partial charge in [-0.3, -0.25) is 4.21 Å². The molecule has 1 saturated heterocycles. The molecule has 0 radical (unpaired) electrons. The van der Waals surface area contributed by atoms with Crippen molar-refractivity contribution < 1.29 is 4.21 Å². The van der Waals surface area contributed by atoms with E-state index in [2.05, 4.69) is 24.1 Å². The van der Waals surface area contributed by atoms with Crippen LogP contribution >= 0.6 is 0 Å². The zero-order valence-electron chi connectivity index (χ0n) is 12.6. The minimum atomic E-state index is -0.545. The van der Waals surface area contributed by atoms with Crippen molar-refractivity contribution in [2.24, 2.45) is 11.8 Å². The molecule has 3 nitrogen and oxygen atoms in total. The third-order valence-corrected chi connectivity index (χ3v) is 6.17. The van der Waals surface area contributed by atoms with Crippen LogP contribution in [0, 0.1) is 11.8 Å². The average Bonchev–Trinajstić information content (AvgIpc) is 2.43. The highest BCUT2D eigenvalue weighted by molar-refractivity contribution is 7.85. The molecular formula is C15H30N2OS. The molecule has 1 aliphatic heterocycles. The molecule has 1 N–H and O–H groups in total. The van der Waals surface area contributed by atoms with Crippen LogP contribution in [0.1, 0.15) is 39.5 Å². The Balaban J connectivity index is 1.87. The zero-order valence-corrected chi connectivity index (χ0v) is 13.4. The molecule has 19 heavy (non-hydrogen) atoms. The second kappa shape index (κ2) is 7.75. The van der Waals surface area contributed by atoms with Crippen LogP contribution in [0.4, 0.5) is 0 Å². The summed E-state index contributed by atoms with van der Waals surface area (Å²) in [7, 11) is -0.545. The summed E-state index contributed by atoms with van der Waals surface area (Å²) in [6, 6.07) is 0.709. The highest BCUT2D eigenvalue weighted by Gasteiger charge is 2.31. The molecule has 0 aromatic carbocycles. The van der Waals surface area contributed by atoms with Gasteiger partial charge in [0.25, 0.3) is 0 Å². The molecule has 1 saturated carbocycles. The first-order valence-corrected chi connectivity index (χ1v) is 9.52. The largest absolute Gasteiger partial charge is 0.314 e. The predicted octanol–water partition coefficient (Wildman–Crippen LogP) is 1.86. The van der Waals surface area contributed by atoms with E-state index in [-0.39, 0.29) is 0 Å². The topological polar surface area (TPSA) is 32.3 Å². The Bertz CT molecular complexity index is 288. The van der Waals surface area contributed by atoms with Gasteiger partial charge in [-0.15, -0.1) is 0 Å². The first-order valence-electron chi connectivity index (χ1n) is 8.03. The van der Waals surface area contributed by atoms with Gasteiger partial charge in [-0.25, -0.2) is 0 Å². The van der Waals surface area contributed by atoms with E-state index in [9.17, 15) is 4.21 Å². The molecule has 0 amide bonds. The number of nitrogens with one attached hydrogen (secondary N) is 1. The Kier molecular flexibility index (Phi) is 6.30. The van der Waals surface area contributed by atoms with E-state index in [0.717, 1.165) is 43.0 Å². The number of hydrogen-bond donors (Lipinski definition) is 1. The van der Waals surface area contributed by atoms with E-state index >= 15 is 0 Å². The van der Waals surface area contributed by atoms with Gasteiger partial charge in [0.15, 0.2) is 0 Å². The summed E-state index contributed by atoms with van der Waals surface area (Å²) in [5.41, 5.74) is 0. The van der Waals surface area contributed by atoms with Crippen molar-refractivity contribution in [3.8, 4) is 0 Å². The van der Waals surface area contributed by atoms with Crippen molar-refractivity contribution in [1.82, 2.24) is 10.2 Å². The molecule has 2 aliphatic rings. The molecule has 0 aromatic rings. The second-order valence-electron chi connectivity index (χ2n) is 6.16. The maximum Gasteiger partial charge on any atom is 0.0363 e. The third kappa shape index (κ3) is 4.54. The van der Waals surface area contributed by atoms with E-state index in [1.807, 2.05) is 0 Å². The lowest BCUT2D eigenvalue weighted by Gasteiger charge is -2.40. The Morgan fingerprint density at radius 3 is 2.58 bits per heavy atom. The van der Waals surface area contributed by atoms with Gasteiger partial charge in [0.2, 0.25) is 0 Å². The van der Waals surface area contributed by atoms with Crippen LogP contribution in [-0.4, -0.2) is 52.8 Å². The highest BCUT2D eigenvalue weighted by Crippen LogP contribution is 2.32. The van der Waals surface area contributed by atoms with E-state index in [1.54, 1.807) is 0 Å². The lowest BCUT2D eigenvalue weighted by molar-refractivity contribution is 0.144. The molecule has 0 aromatic heterocycles. The van der Waals surface area contributed by atoms with Gasteiger partial charge >= 0.3 is 0 Å². The molecule has 4 heteroatoms. The van der Waals surface area contributed by atoms with E-state index in [0.29, 0.717) is 6.04 Å². The SMILES string of the molecule is CCNC1CCC(CC)CC1CN1CCS(=O)CC1. The zero-order chi connectivity index (χ0) is 13.7. The summed E-state index contributed by atoms with van der Waals surface area (Å²) in [4.78, 5) is 2.55. The average molecular weight is 286 g/mol. The van der Waals surface area contributed by atoms with Crippen LogP contribution in [0.2, 0.25) is 0 Å². The van der Waals surface area contributed by atoms with Crippen LogP contribution in [0.15, 0.2) is 0 Å². The van der Waals surface area contributed by atoms with Crippen LogP contribution in [0.25, 0.3) is 0 Å². The molecule has 0 spiro atoms. The summed E-state index contributed by atoms with van der Waals surface area (Å²) >= 11 is 0. The van der Waals surface area contributed by atoms with E-state index in [4.69, 9.17) is 0 Å². The lowest BCUT2D eigenvalue weighted by Crippen LogP contribution is -2.48. The Hall–Kier alpha value is 0.0700. The van der Waals surface area contributed by atoms with Gasteiger partial charge in [-0.2, -0.15) is 0 Å². The number of rotatable bonds is 5. The van der Waals surface area contributed by atoms with E-state index < -0.39 is 10.8 Å². The summed E-state index contributed by atoms with van der Waals surface area (Å²) in [6.07, 6.45) is 5.46. The predicted molar refractivity (Wildman–Crippen MR) is 82.9 cm³/mol. The summed E-state index contributed by atoms with van der Waals surface area (Å²) < 4.78 is 11.4. The smallest absolute Gasteiger partial charge is 0.0363 e. The Labute approximate surface area is 121 Å². The van der Waals surface area contributed by atoms with Gasteiger partial charge < -0.3 is 10.2 Å². The number of nitrogens with zero attached hydrogens (tertiary/aromatic N) is 1. The molecule has 3 atom stereocenters. The van der Waals surface area contributed by atoms with Crippen molar-refractivity contribution in [1.29, 1.82) is 0 Å². The summed E-state index contributed by atoms with van der Waals surface area (Å²) in [5, 5.41) is 3.69. The molecule has 0 bridgehead atoms. The van der Waals surface area contributed by atoms with Crippen molar-refractivity contribution in [3.63, 3.8) is 0 Å². The van der Waals surface area contributed by atoms with Crippen molar-refractivity contribution in [3.05, 3.63) is 0 Å². The Morgan fingerprint density at radius 1 is 1.21 bits per heavy atom. The molecule has 2 fully saturated rings. The van der Waals surface area contributed by atoms with Crippen LogP contribution < -0.4 is 5.32 Å². The Morgan fingerprint density at radius 2 is 1.95 bits per heavy atom. The lowest BCUT2D eigenvalue weighted by atomic mass is 9.76.